The number of ether oxygens (including phenoxy) is 1. The molecular weight excluding hydrogens is 345 g/mol. The van der Waals surface area contributed by atoms with E-state index in [-0.39, 0.29) is 5.82 Å². The normalized spacial score (nSPS) is 15.0. The number of hydrogen-bond donors (Lipinski definition) is 0. The van der Waals surface area contributed by atoms with Gasteiger partial charge in [0.05, 0.1) is 18.9 Å². The van der Waals surface area contributed by atoms with Crippen molar-refractivity contribution >= 4 is 0 Å². The van der Waals surface area contributed by atoms with Gasteiger partial charge in [-0.05, 0) is 35.9 Å². The van der Waals surface area contributed by atoms with Crippen LogP contribution in [0.3, 0.4) is 0 Å². The second kappa shape index (κ2) is 8.33. The number of nitrogens with zero attached hydrogens (tertiary/aromatic N) is 3. The summed E-state index contributed by atoms with van der Waals surface area (Å²) in [6.07, 6.45) is 5.43. The van der Waals surface area contributed by atoms with Gasteiger partial charge < -0.3 is 9.57 Å². The van der Waals surface area contributed by atoms with E-state index >= 15 is 0 Å². The molecule has 0 atom stereocenters. The van der Waals surface area contributed by atoms with E-state index in [0.29, 0.717) is 6.61 Å². The summed E-state index contributed by atoms with van der Waals surface area (Å²) in [4.78, 5) is 12.5. The molecule has 3 aromatic rings. The van der Waals surface area contributed by atoms with Crippen molar-refractivity contribution in [3.8, 4) is 22.4 Å². The monoisotopic (exact) mass is 367 g/mol. The topological polar surface area (TPSA) is 39.5 Å². The van der Waals surface area contributed by atoms with E-state index in [9.17, 15) is 4.39 Å². The molecule has 0 unspecified atom stereocenters. The summed E-state index contributed by atoms with van der Waals surface area (Å²) in [6.45, 7) is 4.86. The molecule has 0 saturated carbocycles. The van der Waals surface area contributed by atoms with Crippen LogP contribution in [0.2, 0.25) is 0 Å². The fraction of sp³-hybridized carbons (Fsp3) is 0.286. The van der Waals surface area contributed by atoms with Crippen LogP contribution in [-0.2, 0) is 4.74 Å². The molecule has 0 amide bonds. The lowest BCUT2D eigenvalue weighted by Crippen LogP contribution is -2.39. The summed E-state index contributed by atoms with van der Waals surface area (Å²) < 4.78 is 20.5. The Morgan fingerprint density at radius 1 is 0.963 bits per heavy atom. The predicted octanol–water partition coefficient (Wildman–Crippen LogP) is 3.12. The molecule has 2 aromatic heterocycles. The first-order chi connectivity index (χ1) is 13.3. The van der Waals surface area contributed by atoms with Crippen molar-refractivity contribution in [2.75, 3.05) is 39.5 Å². The van der Waals surface area contributed by atoms with Gasteiger partial charge in [0.25, 0.3) is 0 Å². The lowest BCUT2D eigenvalue weighted by atomic mass is 10.0. The minimum Gasteiger partial charge on any atom is -0.412 e. The summed E-state index contributed by atoms with van der Waals surface area (Å²) in [7, 11) is 0. The Hall–Kier alpha value is -2.70. The Morgan fingerprint density at radius 2 is 1.70 bits per heavy atom. The highest BCUT2D eigenvalue weighted by Crippen LogP contribution is 2.32. The molecule has 0 bridgehead atoms. The van der Waals surface area contributed by atoms with Crippen LogP contribution >= 0.6 is 0 Å². The molecule has 5 nitrogen and oxygen atoms in total. The van der Waals surface area contributed by atoms with Crippen molar-refractivity contribution < 1.29 is 14.0 Å². The molecule has 140 valence electrons. The van der Waals surface area contributed by atoms with Crippen molar-refractivity contribution in [2.45, 2.75) is 0 Å². The van der Waals surface area contributed by atoms with Crippen LogP contribution in [0.25, 0.3) is 22.4 Å². The van der Waals surface area contributed by atoms with E-state index in [1.807, 2.05) is 24.4 Å². The predicted molar refractivity (Wildman–Crippen MR) is 102 cm³/mol. The molecule has 1 fully saturated rings. The van der Waals surface area contributed by atoms with E-state index in [1.54, 1.807) is 29.3 Å². The fourth-order valence-electron chi connectivity index (χ4n) is 3.27. The first kappa shape index (κ1) is 17.7. The summed E-state index contributed by atoms with van der Waals surface area (Å²) in [5.74, 6) is -0.245. The Kier molecular flexibility index (Phi) is 5.46. The molecule has 6 heteroatoms. The highest BCUT2D eigenvalue weighted by molar-refractivity contribution is 5.81. The molecule has 0 N–H and O–H groups in total. The van der Waals surface area contributed by atoms with Gasteiger partial charge in [-0.1, -0.05) is 12.1 Å². The van der Waals surface area contributed by atoms with Crippen LogP contribution in [0, 0.1) is 5.82 Å². The third-order valence-electron chi connectivity index (χ3n) is 4.70. The van der Waals surface area contributed by atoms with Crippen LogP contribution in [-0.4, -0.2) is 54.1 Å². The lowest BCUT2D eigenvalue weighted by molar-refractivity contribution is 0.0183. The highest BCUT2D eigenvalue weighted by atomic mass is 19.1. The lowest BCUT2D eigenvalue weighted by Gasteiger charge is -2.26. The van der Waals surface area contributed by atoms with Gasteiger partial charge in [0.15, 0.2) is 0 Å². The van der Waals surface area contributed by atoms with E-state index < -0.39 is 0 Å². The molecule has 0 radical (unpaired) electrons. The number of hydrogen-bond acceptors (Lipinski definition) is 4. The Labute approximate surface area is 157 Å². The SMILES string of the molecule is Fc1ccc(-c2ccn(OCCN3CCOCC3)c2-c2ccncc2)cc1. The number of halogens is 1. The zero-order chi connectivity index (χ0) is 18.5. The molecule has 0 spiro atoms. The van der Waals surface area contributed by atoms with Gasteiger partial charge in [-0.2, -0.15) is 4.73 Å². The second-order valence-corrected chi connectivity index (χ2v) is 6.43. The van der Waals surface area contributed by atoms with Crippen molar-refractivity contribution in [1.82, 2.24) is 14.6 Å². The zero-order valence-electron chi connectivity index (χ0n) is 15.1. The first-order valence-corrected chi connectivity index (χ1v) is 9.12. The maximum atomic E-state index is 13.3. The Balaban J connectivity index is 1.58. The third-order valence-corrected chi connectivity index (χ3v) is 4.70. The second-order valence-electron chi connectivity index (χ2n) is 6.43. The molecule has 1 saturated heterocycles. The minimum atomic E-state index is -0.245. The third kappa shape index (κ3) is 4.18. The number of rotatable bonds is 6. The van der Waals surface area contributed by atoms with Crippen molar-refractivity contribution in [1.29, 1.82) is 0 Å². The quantitative estimate of drug-likeness (QED) is 0.671. The van der Waals surface area contributed by atoms with Crippen LogP contribution in [0.5, 0.6) is 0 Å². The van der Waals surface area contributed by atoms with Crippen LogP contribution < -0.4 is 4.84 Å². The maximum Gasteiger partial charge on any atom is 0.127 e. The van der Waals surface area contributed by atoms with Gasteiger partial charge in [0.2, 0.25) is 0 Å². The molecular formula is C21H22FN3O2. The average Bonchev–Trinajstić information content (AvgIpc) is 3.14. The van der Waals surface area contributed by atoms with E-state index in [2.05, 4.69) is 9.88 Å². The smallest absolute Gasteiger partial charge is 0.127 e. The molecule has 0 aliphatic carbocycles. The average molecular weight is 367 g/mol. The van der Waals surface area contributed by atoms with Gasteiger partial charge in [0, 0.05) is 49.4 Å². The van der Waals surface area contributed by atoms with E-state index in [4.69, 9.17) is 9.57 Å². The first-order valence-electron chi connectivity index (χ1n) is 9.12. The number of morpholine rings is 1. The fourth-order valence-corrected chi connectivity index (χ4v) is 3.27. The number of aromatic nitrogens is 2. The Morgan fingerprint density at radius 3 is 2.44 bits per heavy atom. The largest absolute Gasteiger partial charge is 0.412 e. The van der Waals surface area contributed by atoms with Crippen LogP contribution in [0.4, 0.5) is 4.39 Å². The molecule has 3 heterocycles. The maximum absolute atomic E-state index is 13.3. The molecule has 1 aliphatic heterocycles. The van der Waals surface area contributed by atoms with Gasteiger partial charge in [0.1, 0.15) is 12.4 Å². The van der Waals surface area contributed by atoms with Gasteiger partial charge in [-0.15, -0.1) is 0 Å². The zero-order valence-corrected chi connectivity index (χ0v) is 15.1. The van der Waals surface area contributed by atoms with Crippen molar-refractivity contribution in [2.24, 2.45) is 0 Å². The van der Waals surface area contributed by atoms with Gasteiger partial charge >= 0.3 is 0 Å². The Bertz CT molecular complexity index is 859. The van der Waals surface area contributed by atoms with Crippen molar-refractivity contribution in [3.63, 3.8) is 0 Å². The van der Waals surface area contributed by atoms with Crippen LogP contribution in [0.1, 0.15) is 0 Å². The van der Waals surface area contributed by atoms with E-state index in [0.717, 1.165) is 55.2 Å². The molecule has 1 aliphatic rings. The summed E-state index contributed by atoms with van der Waals surface area (Å²) in [6, 6.07) is 12.4. The number of pyridine rings is 1. The van der Waals surface area contributed by atoms with E-state index in [1.165, 1.54) is 12.1 Å². The summed E-state index contributed by atoms with van der Waals surface area (Å²) in [5, 5.41) is 0. The number of benzene rings is 1. The summed E-state index contributed by atoms with van der Waals surface area (Å²) in [5.41, 5.74) is 3.87. The molecule has 4 rings (SSSR count). The van der Waals surface area contributed by atoms with Crippen molar-refractivity contribution in [3.05, 3.63) is 66.9 Å². The molecule has 27 heavy (non-hydrogen) atoms. The summed E-state index contributed by atoms with van der Waals surface area (Å²) >= 11 is 0. The van der Waals surface area contributed by atoms with Gasteiger partial charge in [-0.3, -0.25) is 9.88 Å². The standard InChI is InChI=1S/C21H22FN3O2/c22-19-3-1-17(2-4-19)20-7-10-25(21(20)18-5-8-23-9-6-18)27-16-13-24-11-14-26-15-12-24/h1-10H,11-16H2. The highest BCUT2D eigenvalue weighted by Gasteiger charge is 2.15. The minimum absolute atomic E-state index is 0.245. The van der Waals surface area contributed by atoms with Crippen LogP contribution in [0.15, 0.2) is 61.1 Å². The molecule has 1 aromatic carbocycles. The van der Waals surface area contributed by atoms with Gasteiger partial charge in [-0.25, -0.2) is 4.39 Å².